The Bertz CT molecular complexity index is 1430. The number of hydrogen-bond donors (Lipinski definition) is 2. The molecule has 2 N–H and O–H groups in total. The van der Waals surface area contributed by atoms with E-state index in [1.165, 1.54) is 0 Å². The van der Waals surface area contributed by atoms with E-state index in [2.05, 4.69) is 25.6 Å². The van der Waals surface area contributed by atoms with Crippen LogP contribution in [-0.4, -0.2) is 70.9 Å². The number of nitrogens with one attached hydrogen (secondary N) is 1. The number of aromatic carboxylic acids is 1. The van der Waals surface area contributed by atoms with Gasteiger partial charge in [0, 0.05) is 5.56 Å². The first-order valence-electron chi connectivity index (χ1n) is 10.4. The van der Waals surface area contributed by atoms with Gasteiger partial charge in [0.25, 0.3) is 6.01 Å². The summed E-state index contributed by atoms with van der Waals surface area (Å²) < 4.78 is 7.53. The number of benzene rings is 3. The van der Waals surface area contributed by atoms with Crippen molar-refractivity contribution >= 4 is 40.1 Å². The van der Waals surface area contributed by atoms with Crippen LogP contribution in [0.1, 0.15) is 22.8 Å². The largest absolute Gasteiger partial charge is 0.478 e. The molecule has 2 heterocycles. The zero-order chi connectivity index (χ0) is 22.8. The Labute approximate surface area is 210 Å². The van der Waals surface area contributed by atoms with Crippen LogP contribution < -0.4 is 4.74 Å². The normalized spacial score (nSPS) is 10.7. The van der Waals surface area contributed by atoms with Gasteiger partial charge in [0.05, 0.1) is 29.7 Å². The van der Waals surface area contributed by atoms with Gasteiger partial charge in [0.1, 0.15) is 0 Å². The highest BCUT2D eigenvalue weighted by atomic mass is 24.3. The topological polar surface area (TPSA) is 119 Å². The van der Waals surface area contributed by atoms with E-state index >= 15 is 0 Å². The summed E-state index contributed by atoms with van der Waals surface area (Å²) in [6.45, 7) is 2.72. The number of tetrazole rings is 1. The number of carboxylic acid groups (broad SMARTS) is 1. The van der Waals surface area contributed by atoms with Crippen molar-refractivity contribution in [1.29, 1.82) is 0 Å². The van der Waals surface area contributed by atoms with E-state index in [4.69, 9.17) is 4.74 Å². The van der Waals surface area contributed by atoms with Crippen molar-refractivity contribution in [2.75, 3.05) is 6.61 Å². The second-order valence-corrected chi connectivity index (χ2v) is 7.38. The fraction of sp³-hybridized carbons (Fsp3) is 0.125. The highest BCUT2D eigenvalue weighted by Crippen LogP contribution is 2.31. The second kappa shape index (κ2) is 10.0. The number of para-hydroxylation sites is 1. The van der Waals surface area contributed by atoms with E-state index in [9.17, 15) is 9.90 Å². The van der Waals surface area contributed by atoms with Gasteiger partial charge in [-0.1, -0.05) is 54.6 Å². The number of nitrogens with zero attached hydrogens (tertiary/aromatic N) is 5. The smallest absolute Gasteiger partial charge is 0.337 e. The Hall–Kier alpha value is -3.76. The predicted octanol–water partition coefficient (Wildman–Crippen LogP) is 3.11. The van der Waals surface area contributed by atoms with E-state index in [1.807, 2.05) is 60.0 Å². The average Bonchev–Trinajstić information content (AvgIpc) is 3.49. The van der Waals surface area contributed by atoms with Crippen LogP contribution in [0.15, 0.2) is 66.7 Å². The van der Waals surface area contributed by atoms with Crippen molar-refractivity contribution in [1.82, 2.24) is 30.2 Å². The van der Waals surface area contributed by atoms with Crippen LogP contribution in [-0.2, 0) is 6.54 Å². The number of aromatic amines is 1. The number of hydrogen-bond acceptors (Lipinski definition) is 6. The average molecular weight is 467 g/mol. The maximum absolute atomic E-state index is 11.8. The molecule has 0 aliphatic carbocycles. The molecule has 0 saturated heterocycles. The molecule has 3 aromatic carbocycles. The Kier molecular flexibility index (Phi) is 6.89. The number of fused-ring (bicyclic) bond motifs is 1. The van der Waals surface area contributed by atoms with E-state index < -0.39 is 5.97 Å². The molecule has 0 radical (unpaired) electrons. The van der Waals surface area contributed by atoms with Crippen LogP contribution in [0.4, 0.5) is 0 Å². The zero-order valence-corrected chi connectivity index (χ0v) is 17.8. The summed E-state index contributed by atoms with van der Waals surface area (Å²) in [7, 11) is 0. The van der Waals surface area contributed by atoms with Gasteiger partial charge in [-0.2, -0.15) is 4.98 Å². The van der Waals surface area contributed by atoms with Crippen molar-refractivity contribution in [2.24, 2.45) is 0 Å². The molecule has 0 bridgehead atoms. The molecule has 0 spiro atoms. The maximum atomic E-state index is 11.8. The molecular formula is C24H22MgN6O3. The molecule has 5 aromatic rings. The number of carbonyl (C=O) groups is 1. The van der Waals surface area contributed by atoms with Crippen LogP contribution in [0, 0.1) is 0 Å². The van der Waals surface area contributed by atoms with Gasteiger partial charge >= 0.3 is 29.0 Å². The third-order valence-corrected chi connectivity index (χ3v) is 5.37. The molecule has 168 valence electrons. The molecule has 0 aliphatic heterocycles. The van der Waals surface area contributed by atoms with Gasteiger partial charge in [-0.15, -0.1) is 5.10 Å². The van der Waals surface area contributed by atoms with E-state index in [0.717, 1.165) is 22.3 Å². The molecule has 0 unspecified atom stereocenters. The van der Waals surface area contributed by atoms with Crippen LogP contribution >= 0.6 is 0 Å². The Morgan fingerprint density at radius 2 is 1.79 bits per heavy atom. The molecular weight excluding hydrogens is 445 g/mol. The van der Waals surface area contributed by atoms with E-state index in [0.29, 0.717) is 36.0 Å². The van der Waals surface area contributed by atoms with Gasteiger partial charge in [-0.05, 0) is 46.2 Å². The SMILES string of the molecule is CCOc1nc2cccc(C(=O)O)c2n1Cc1ccc(-c2ccccc2-c2nnn[nH]2)cc1.[MgH2]. The lowest BCUT2D eigenvalue weighted by Gasteiger charge is -2.12. The second-order valence-electron chi connectivity index (χ2n) is 7.38. The van der Waals surface area contributed by atoms with Gasteiger partial charge in [-0.3, -0.25) is 4.57 Å². The molecule has 0 amide bonds. The fourth-order valence-corrected chi connectivity index (χ4v) is 3.91. The van der Waals surface area contributed by atoms with Crippen molar-refractivity contribution in [3.8, 4) is 28.5 Å². The lowest BCUT2D eigenvalue weighted by atomic mass is 9.98. The van der Waals surface area contributed by atoms with E-state index in [-0.39, 0.29) is 28.6 Å². The Morgan fingerprint density at radius 3 is 2.47 bits per heavy atom. The first kappa shape index (κ1) is 23.4. The lowest BCUT2D eigenvalue weighted by Crippen LogP contribution is -2.08. The number of H-pyrrole nitrogens is 1. The number of aromatic nitrogens is 6. The molecule has 2 aromatic heterocycles. The minimum Gasteiger partial charge on any atom is -0.478 e. The minimum atomic E-state index is -1.00. The highest BCUT2D eigenvalue weighted by molar-refractivity contribution is 6.01. The summed E-state index contributed by atoms with van der Waals surface area (Å²) in [6, 6.07) is 21.4. The van der Waals surface area contributed by atoms with Gasteiger partial charge < -0.3 is 9.84 Å². The maximum Gasteiger partial charge on any atom is 0.337 e. The molecule has 0 fully saturated rings. The van der Waals surface area contributed by atoms with Crippen molar-refractivity contribution in [2.45, 2.75) is 13.5 Å². The summed E-state index contributed by atoms with van der Waals surface area (Å²) >= 11 is 0. The molecule has 0 saturated carbocycles. The van der Waals surface area contributed by atoms with Crippen LogP contribution in [0.3, 0.4) is 0 Å². The summed E-state index contributed by atoms with van der Waals surface area (Å²) in [5.41, 5.74) is 5.22. The third-order valence-electron chi connectivity index (χ3n) is 5.37. The van der Waals surface area contributed by atoms with Gasteiger partial charge in [-0.25, -0.2) is 9.89 Å². The summed E-state index contributed by atoms with van der Waals surface area (Å²) in [4.78, 5) is 16.3. The zero-order valence-electron chi connectivity index (χ0n) is 17.8. The summed E-state index contributed by atoms with van der Waals surface area (Å²) in [5.74, 6) is -0.402. The Morgan fingerprint density at radius 1 is 1.03 bits per heavy atom. The van der Waals surface area contributed by atoms with Gasteiger partial charge in [0.2, 0.25) is 0 Å². The monoisotopic (exact) mass is 466 g/mol. The first-order chi connectivity index (χ1) is 16.2. The number of imidazole rings is 1. The fourth-order valence-electron chi connectivity index (χ4n) is 3.91. The molecule has 10 heteroatoms. The molecule has 34 heavy (non-hydrogen) atoms. The van der Waals surface area contributed by atoms with Crippen LogP contribution in [0.5, 0.6) is 6.01 Å². The molecule has 9 nitrogen and oxygen atoms in total. The van der Waals surface area contributed by atoms with Crippen LogP contribution in [0.2, 0.25) is 0 Å². The standard InChI is InChI=1S/C24H20N6O3.Mg.2H/c1-2-33-24-25-20-9-5-8-19(23(31)32)21(20)30(24)14-15-10-12-16(13-11-15)17-6-3-4-7-18(17)22-26-28-29-27-22;;;/h3-13H,2,14H2,1H3,(H,31,32)(H,26,27,28,29);;;. The number of rotatable bonds is 7. The summed E-state index contributed by atoms with van der Waals surface area (Å²) in [6.07, 6.45) is 0. The number of ether oxygens (including phenoxy) is 1. The Balaban J connectivity index is 0.00000274. The quantitative estimate of drug-likeness (QED) is 0.354. The molecule has 0 aliphatic rings. The predicted molar refractivity (Wildman–Crippen MR) is 131 cm³/mol. The van der Waals surface area contributed by atoms with Crippen molar-refractivity contribution in [3.05, 3.63) is 77.9 Å². The van der Waals surface area contributed by atoms with Crippen molar-refractivity contribution in [3.63, 3.8) is 0 Å². The highest BCUT2D eigenvalue weighted by Gasteiger charge is 2.19. The van der Waals surface area contributed by atoms with Crippen molar-refractivity contribution < 1.29 is 14.6 Å². The third kappa shape index (κ3) is 4.37. The number of carboxylic acids is 1. The first-order valence-corrected chi connectivity index (χ1v) is 10.4. The molecule has 5 rings (SSSR count). The minimum absolute atomic E-state index is 0. The van der Waals surface area contributed by atoms with Gasteiger partial charge in [0.15, 0.2) is 5.82 Å². The summed E-state index contributed by atoms with van der Waals surface area (Å²) in [5, 5.41) is 23.9. The van der Waals surface area contributed by atoms with E-state index in [1.54, 1.807) is 18.2 Å². The molecule has 0 atom stereocenters. The van der Waals surface area contributed by atoms with Crippen LogP contribution in [0.25, 0.3) is 33.5 Å². The lowest BCUT2D eigenvalue weighted by molar-refractivity contribution is 0.0698.